The number of anilines is 1. The van der Waals surface area contributed by atoms with Crippen LogP contribution in [0.4, 0.5) is 10.1 Å². The van der Waals surface area contributed by atoms with Crippen molar-refractivity contribution in [3.63, 3.8) is 0 Å². The predicted octanol–water partition coefficient (Wildman–Crippen LogP) is 2.39. The monoisotopic (exact) mass is 272 g/mol. The van der Waals surface area contributed by atoms with E-state index < -0.39 is 0 Å². The molecule has 82 valence electrons. The van der Waals surface area contributed by atoms with Gasteiger partial charge >= 0.3 is 0 Å². The molecule has 0 aromatic heterocycles. The number of halogens is 2. The van der Waals surface area contributed by atoms with Gasteiger partial charge in [0.2, 0.25) is 0 Å². The molecule has 4 heteroatoms. The highest BCUT2D eigenvalue weighted by molar-refractivity contribution is 9.10. The molecule has 1 heterocycles. The standard InChI is InChI=1S/C11H14BrFN2/c1-8-7-15(5-4-14-8)11-3-2-9(12)6-10(11)13/h2-3,6,8,14H,4-5,7H2,1H3. The fourth-order valence-corrected chi connectivity index (χ4v) is 2.22. The number of benzene rings is 1. The molecule has 0 radical (unpaired) electrons. The average Bonchev–Trinajstić information content (AvgIpc) is 2.17. The Morgan fingerprint density at radius 1 is 1.53 bits per heavy atom. The SMILES string of the molecule is CC1CN(c2ccc(Br)cc2F)CCN1. The van der Waals surface area contributed by atoms with Crippen molar-refractivity contribution in [2.24, 2.45) is 0 Å². The second kappa shape index (κ2) is 4.49. The van der Waals surface area contributed by atoms with Crippen LogP contribution in [-0.2, 0) is 0 Å². The van der Waals surface area contributed by atoms with Crippen molar-refractivity contribution in [1.29, 1.82) is 0 Å². The smallest absolute Gasteiger partial charge is 0.147 e. The van der Waals surface area contributed by atoms with Crippen molar-refractivity contribution in [1.82, 2.24) is 5.32 Å². The molecular formula is C11H14BrFN2. The molecule has 1 aliphatic heterocycles. The topological polar surface area (TPSA) is 15.3 Å². The second-order valence-corrected chi connectivity index (χ2v) is 4.81. The van der Waals surface area contributed by atoms with Gasteiger partial charge in [-0.2, -0.15) is 0 Å². The minimum atomic E-state index is -0.154. The first-order valence-corrected chi connectivity index (χ1v) is 5.89. The molecule has 0 bridgehead atoms. The number of piperazine rings is 1. The molecule has 0 amide bonds. The summed E-state index contributed by atoms with van der Waals surface area (Å²) in [6.07, 6.45) is 0. The van der Waals surface area contributed by atoms with Crippen molar-refractivity contribution in [3.8, 4) is 0 Å². The van der Waals surface area contributed by atoms with Crippen LogP contribution in [0.5, 0.6) is 0 Å². The molecule has 1 unspecified atom stereocenters. The molecule has 1 atom stereocenters. The zero-order valence-electron chi connectivity index (χ0n) is 8.63. The van der Waals surface area contributed by atoms with Gasteiger partial charge in [-0.15, -0.1) is 0 Å². The quantitative estimate of drug-likeness (QED) is 0.845. The number of hydrogen-bond acceptors (Lipinski definition) is 2. The molecule has 0 spiro atoms. The maximum absolute atomic E-state index is 13.7. The van der Waals surface area contributed by atoms with E-state index in [0.29, 0.717) is 11.7 Å². The van der Waals surface area contributed by atoms with Gasteiger partial charge < -0.3 is 10.2 Å². The normalized spacial score (nSPS) is 21.8. The van der Waals surface area contributed by atoms with Crippen LogP contribution in [0.15, 0.2) is 22.7 Å². The van der Waals surface area contributed by atoms with Crippen LogP contribution >= 0.6 is 15.9 Å². The fraction of sp³-hybridized carbons (Fsp3) is 0.455. The number of hydrogen-bond donors (Lipinski definition) is 1. The van der Waals surface area contributed by atoms with E-state index in [9.17, 15) is 4.39 Å². The lowest BCUT2D eigenvalue weighted by Gasteiger charge is -2.33. The first kappa shape index (κ1) is 10.9. The second-order valence-electron chi connectivity index (χ2n) is 3.90. The summed E-state index contributed by atoms with van der Waals surface area (Å²) in [5.41, 5.74) is 0.701. The number of nitrogens with zero attached hydrogens (tertiary/aromatic N) is 1. The van der Waals surface area contributed by atoms with Crippen molar-refractivity contribution in [3.05, 3.63) is 28.5 Å². The minimum absolute atomic E-state index is 0.154. The van der Waals surface area contributed by atoms with Gasteiger partial charge in [0.1, 0.15) is 5.82 Å². The summed E-state index contributed by atoms with van der Waals surface area (Å²) in [6, 6.07) is 5.65. The molecule has 1 N–H and O–H groups in total. The highest BCUT2D eigenvalue weighted by Gasteiger charge is 2.18. The lowest BCUT2D eigenvalue weighted by Crippen LogP contribution is -2.49. The molecule has 1 saturated heterocycles. The Balaban J connectivity index is 2.21. The van der Waals surface area contributed by atoms with Crippen molar-refractivity contribution >= 4 is 21.6 Å². The van der Waals surface area contributed by atoms with E-state index in [4.69, 9.17) is 0 Å². The van der Waals surface area contributed by atoms with Crippen LogP contribution in [0.3, 0.4) is 0 Å². The predicted molar refractivity (Wildman–Crippen MR) is 63.8 cm³/mol. The summed E-state index contributed by atoms with van der Waals surface area (Å²) in [5, 5.41) is 3.34. The molecule has 0 saturated carbocycles. The van der Waals surface area contributed by atoms with Gasteiger partial charge in [-0.1, -0.05) is 15.9 Å². The number of nitrogens with one attached hydrogen (secondary N) is 1. The van der Waals surface area contributed by atoms with E-state index in [1.165, 1.54) is 6.07 Å². The Labute approximate surface area is 97.6 Å². The van der Waals surface area contributed by atoms with Gasteiger partial charge in [0.05, 0.1) is 5.69 Å². The van der Waals surface area contributed by atoms with E-state index in [2.05, 4.69) is 33.1 Å². The Bertz CT molecular complexity index is 356. The first-order chi connectivity index (χ1) is 7.16. The maximum atomic E-state index is 13.7. The molecule has 1 aromatic carbocycles. The molecule has 15 heavy (non-hydrogen) atoms. The Kier molecular flexibility index (Phi) is 3.26. The van der Waals surface area contributed by atoms with Gasteiger partial charge in [0.15, 0.2) is 0 Å². The fourth-order valence-electron chi connectivity index (χ4n) is 1.89. The maximum Gasteiger partial charge on any atom is 0.147 e. The third-order valence-electron chi connectivity index (χ3n) is 2.62. The van der Waals surface area contributed by atoms with Gasteiger partial charge in [-0.25, -0.2) is 4.39 Å². The van der Waals surface area contributed by atoms with Crippen LogP contribution in [0.25, 0.3) is 0 Å². The Hall–Kier alpha value is -0.610. The Morgan fingerprint density at radius 2 is 2.33 bits per heavy atom. The zero-order chi connectivity index (χ0) is 10.8. The summed E-state index contributed by atoms with van der Waals surface area (Å²) < 4.78 is 14.5. The lowest BCUT2D eigenvalue weighted by molar-refractivity contribution is 0.478. The molecule has 1 aromatic rings. The molecule has 1 aliphatic rings. The summed E-state index contributed by atoms with van der Waals surface area (Å²) in [4.78, 5) is 2.09. The summed E-state index contributed by atoms with van der Waals surface area (Å²) in [7, 11) is 0. The van der Waals surface area contributed by atoms with Gasteiger partial charge in [0.25, 0.3) is 0 Å². The van der Waals surface area contributed by atoms with E-state index in [1.54, 1.807) is 0 Å². The van der Waals surface area contributed by atoms with E-state index in [-0.39, 0.29) is 5.82 Å². The minimum Gasteiger partial charge on any atom is -0.366 e. The molecule has 0 aliphatic carbocycles. The van der Waals surface area contributed by atoms with E-state index in [0.717, 1.165) is 24.1 Å². The zero-order valence-corrected chi connectivity index (χ0v) is 10.2. The highest BCUT2D eigenvalue weighted by Crippen LogP contribution is 2.23. The highest BCUT2D eigenvalue weighted by atomic mass is 79.9. The first-order valence-electron chi connectivity index (χ1n) is 5.10. The third-order valence-corrected chi connectivity index (χ3v) is 3.11. The number of rotatable bonds is 1. The van der Waals surface area contributed by atoms with Crippen LogP contribution in [0.1, 0.15) is 6.92 Å². The average molecular weight is 273 g/mol. The molecule has 2 nitrogen and oxygen atoms in total. The lowest BCUT2D eigenvalue weighted by atomic mass is 10.2. The van der Waals surface area contributed by atoms with Crippen LogP contribution in [0, 0.1) is 5.82 Å². The van der Waals surface area contributed by atoms with Crippen molar-refractivity contribution < 1.29 is 4.39 Å². The van der Waals surface area contributed by atoms with Crippen molar-refractivity contribution in [2.75, 3.05) is 24.5 Å². The van der Waals surface area contributed by atoms with Crippen molar-refractivity contribution in [2.45, 2.75) is 13.0 Å². The largest absolute Gasteiger partial charge is 0.366 e. The van der Waals surface area contributed by atoms with Gasteiger partial charge in [-0.05, 0) is 25.1 Å². The molecule has 1 fully saturated rings. The summed E-state index contributed by atoms with van der Waals surface area (Å²) >= 11 is 3.26. The van der Waals surface area contributed by atoms with Crippen LogP contribution in [-0.4, -0.2) is 25.7 Å². The van der Waals surface area contributed by atoms with Gasteiger partial charge in [0, 0.05) is 30.1 Å². The van der Waals surface area contributed by atoms with Crippen LogP contribution < -0.4 is 10.2 Å². The van der Waals surface area contributed by atoms with Gasteiger partial charge in [-0.3, -0.25) is 0 Å². The van der Waals surface area contributed by atoms with E-state index >= 15 is 0 Å². The van der Waals surface area contributed by atoms with Crippen LogP contribution in [0.2, 0.25) is 0 Å². The third kappa shape index (κ3) is 2.49. The summed E-state index contributed by atoms with van der Waals surface area (Å²) in [5.74, 6) is -0.154. The van der Waals surface area contributed by atoms with E-state index in [1.807, 2.05) is 12.1 Å². The Morgan fingerprint density at radius 3 is 3.00 bits per heavy atom. The summed E-state index contributed by atoms with van der Waals surface area (Å²) in [6.45, 7) is 4.75. The molecular weight excluding hydrogens is 259 g/mol. The molecule has 2 rings (SSSR count).